The van der Waals surface area contributed by atoms with Crippen molar-refractivity contribution < 1.29 is 4.79 Å². The lowest BCUT2D eigenvalue weighted by Crippen LogP contribution is -2.34. The largest absolute Gasteiger partial charge is 0.331 e. The molecule has 3 heterocycles. The molecular weight excluding hydrogens is 372 g/mol. The van der Waals surface area contributed by atoms with Gasteiger partial charge in [-0.2, -0.15) is 5.10 Å². The zero-order valence-electron chi connectivity index (χ0n) is 18.6. The number of amides is 1. The fourth-order valence-corrected chi connectivity index (χ4v) is 5.02. The zero-order valence-corrected chi connectivity index (χ0v) is 18.6. The van der Waals surface area contributed by atoms with Gasteiger partial charge in [0.05, 0.1) is 5.69 Å². The summed E-state index contributed by atoms with van der Waals surface area (Å²) in [7, 11) is 2.00. The van der Waals surface area contributed by atoms with Crippen molar-refractivity contribution in [3.63, 3.8) is 0 Å². The molecule has 5 nitrogen and oxygen atoms in total. The summed E-state index contributed by atoms with van der Waals surface area (Å²) in [6, 6.07) is 11.1. The Labute approximate surface area is 178 Å². The summed E-state index contributed by atoms with van der Waals surface area (Å²) in [5.41, 5.74) is 7.82. The summed E-state index contributed by atoms with van der Waals surface area (Å²) in [5, 5.41) is 4.79. The first-order chi connectivity index (χ1) is 14.4. The van der Waals surface area contributed by atoms with Gasteiger partial charge < -0.3 is 9.47 Å². The topological polar surface area (TPSA) is 43.1 Å². The van der Waals surface area contributed by atoms with Crippen molar-refractivity contribution in [2.24, 2.45) is 13.0 Å². The molecule has 1 fully saturated rings. The fourth-order valence-electron chi connectivity index (χ4n) is 5.02. The van der Waals surface area contributed by atoms with Gasteiger partial charge in [0.1, 0.15) is 0 Å². The SMILES string of the molecule is CCc1cc(-c2cc(-n3c(C)ccc3C)nn2C)cc2c1C(=O)N([C@@H](C)C1CC1)C2. The molecule has 3 aromatic rings. The van der Waals surface area contributed by atoms with Gasteiger partial charge in [0.25, 0.3) is 5.91 Å². The second-order valence-electron chi connectivity index (χ2n) is 9.00. The number of carbonyl (C=O) groups is 1. The maximum Gasteiger partial charge on any atom is 0.255 e. The number of carbonyl (C=O) groups excluding carboxylic acids is 1. The Kier molecular flexibility index (Phi) is 4.38. The van der Waals surface area contributed by atoms with Gasteiger partial charge in [-0.3, -0.25) is 9.48 Å². The molecular formula is C25H30N4O. The lowest BCUT2D eigenvalue weighted by molar-refractivity contribution is 0.0696. The highest BCUT2D eigenvalue weighted by molar-refractivity contribution is 6.00. The quantitative estimate of drug-likeness (QED) is 0.615. The Morgan fingerprint density at radius 3 is 2.47 bits per heavy atom. The van der Waals surface area contributed by atoms with E-state index in [0.29, 0.717) is 12.0 Å². The summed E-state index contributed by atoms with van der Waals surface area (Å²) in [5.74, 6) is 1.84. The standard InChI is InChI=1S/C25H30N4O/c1-6-18-11-20(12-21-14-28(25(30)24(18)21)17(4)19-9-10-19)22-13-23(26-27(22)5)29-15(2)7-8-16(29)3/h7-8,11-13,17,19H,6,9-10,14H2,1-5H3/t17-/m0/s1. The molecule has 0 N–H and O–H groups in total. The van der Waals surface area contributed by atoms with Crippen molar-refractivity contribution >= 4 is 5.91 Å². The van der Waals surface area contributed by atoms with E-state index in [1.165, 1.54) is 24.2 Å². The summed E-state index contributed by atoms with van der Waals surface area (Å²) in [6.45, 7) is 9.29. The summed E-state index contributed by atoms with van der Waals surface area (Å²) in [4.78, 5) is 15.3. The number of hydrogen-bond acceptors (Lipinski definition) is 2. The van der Waals surface area contributed by atoms with Gasteiger partial charge in [-0.1, -0.05) is 6.92 Å². The molecule has 0 spiro atoms. The van der Waals surface area contributed by atoms with Crippen molar-refractivity contribution in [1.29, 1.82) is 0 Å². The maximum atomic E-state index is 13.2. The Bertz CT molecular complexity index is 1130. The molecule has 30 heavy (non-hydrogen) atoms. The van der Waals surface area contributed by atoms with E-state index in [2.05, 4.69) is 67.5 Å². The van der Waals surface area contributed by atoms with Crippen molar-refractivity contribution in [2.45, 2.75) is 59.5 Å². The average Bonchev–Trinajstić information content (AvgIpc) is 3.33. The Balaban J connectivity index is 1.56. The molecule has 1 atom stereocenters. The van der Waals surface area contributed by atoms with E-state index in [-0.39, 0.29) is 5.91 Å². The minimum absolute atomic E-state index is 0.220. The lowest BCUT2D eigenvalue weighted by Gasteiger charge is -2.24. The molecule has 0 saturated heterocycles. The molecule has 5 rings (SSSR count). The van der Waals surface area contributed by atoms with E-state index in [1.54, 1.807) is 0 Å². The van der Waals surface area contributed by atoms with Gasteiger partial charge in [-0.25, -0.2) is 0 Å². The number of aromatic nitrogens is 3. The molecule has 1 amide bonds. The van der Waals surface area contributed by atoms with Crippen LogP contribution in [0.3, 0.4) is 0 Å². The fraction of sp³-hybridized carbons (Fsp3) is 0.440. The zero-order chi connectivity index (χ0) is 21.2. The summed E-state index contributed by atoms with van der Waals surface area (Å²) in [6.07, 6.45) is 3.36. The van der Waals surface area contributed by atoms with E-state index < -0.39 is 0 Å². The van der Waals surface area contributed by atoms with Crippen molar-refractivity contribution in [3.05, 3.63) is 58.4 Å². The van der Waals surface area contributed by atoms with Crippen LogP contribution >= 0.6 is 0 Å². The van der Waals surface area contributed by atoms with Crippen molar-refractivity contribution in [1.82, 2.24) is 19.2 Å². The lowest BCUT2D eigenvalue weighted by atomic mass is 9.96. The van der Waals surface area contributed by atoms with Crippen LogP contribution in [-0.4, -0.2) is 31.2 Å². The Morgan fingerprint density at radius 1 is 1.13 bits per heavy atom. The van der Waals surface area contributed by atoms with E-state index in [4.69, 9.17) is 5.10 Å². The normalized spacial score (nSPS) is 17.0. The molecule has 0 radical (unpaired) electrons. The van der Waals surface area contributed by atoms with Crippen LogP contribution in [0.4, 0.5) is 0 Å². The van der Waals surface area contributed by atoms with Crippen LogP contribution in [0.15, 0.2) is 30.3 Å². The molecule has 1 aliphatic carbocycles. The van der Waals surface area contributed by atoms with Gasteiger partial charge in [0.2, 0.25) is 0 Å². The van der Waals surface area contributed by atoms with E-state index in [1.807, 2.05) is 11.7 Å². The third-order valence-electron chi connectivity index (χ3n) is 6.96. The highest BCUT2D eigenvalue weighted by Gasteiger charge is 2.39. The molecule has 0 bridgehead atoms. The molecule has 2 aromatic heterocycles. The first kappa shape index (κ1) is 19.2. The van der Waals surface area contributed by atoms with Crippen molar-refractivity contribution in [3.8, 4) is 17.1 Å². The third kappa shape index (κ3) is 2.91. The van der Waals surface area contributed by atoms with E-state index >= 15 is 0 Å². The van der Waals surface area contributed by atoms with Crippen LogP contribution in [-0.2, 0) is 20.0 Å². The predicted molar refractivity (Wildman–Crippen MR) is 119 cm³/mol. The number of nitrogens with zero attached hydrogens (tertiary/aromatic N) is 4. The molecule has 1 saturated carbocycles. The second kappa shape index (κ2) is 6.86. The predicted octanol–water partition coefficient (Wildman–Crippen LogP) is 4.81. The number of aryl methyl sites for hydroxylation is 4. The van der Waals surface area contributed by atoms with Crippen LogP contribution < -0.4 is 0 Å². The number of hydrogen-bond donors (Lipinski definition) is 0. The first-order valence-electron chi connectivity index (χ1n) is 11.1. The third-order valence-corrected chi connectivity index (χ3v) is 6.96. The van der Waals surface area contributed by atoms with Gasteiger partial charge >= 0.3 is 0 Å². The van der Waals surface area contributed by atoms with Crippen LogP contribution in [0.5, 0.6) is 0 Å². The number of fused-ring (bicyclic) bond motifs is 1. The second-order valence-corrected chi connectivity index (χ2v) is 9.00. The van der Waals surface area contributed by atoms with Crippen LogP contribution in [0.1, 0.15) is 59.6 Å². The minimum Gasteiger partial charge on any atom is -0.331 e. The van der Waals surface area contributed by atoms with Gasteiger partial charge in [0.15, 0.2) is 5.82 Å². The molecule has 1 aliphatic heterocycles. The maximum absolute atomic E-state index is 13.2. The van der Waals surface area contributed by atoms with Gasteiger partial charge in [0, 0.05) is 48.2 Å². The molecule has 156 valence electrons. The van der Waals surface area contributed by atoms with E-state index in [0.717, 1.165) is 46.7 Å². The van der Waals surface area contributed by atoms with Crippen LogP contribution in [0.2, 0.25) is 0 Å². The molecule has 1 aromatic carbocycles. The highest BCUT2D eigenvalue weighted by Crippen LogP contribution is 2.40. The Hall–Kier alpha value is -2.82. The van der Waals surface area contributed by atoms with Gasteiger partial charge in [-0.15, -0.1) is 0 Å². The molecule has 5 heteroatoms. The summed E-state index contributed by atoms with van der Waals surface area (Å²) < 4.78 is 4.14. The van der Waals surface area contributed by atoms with Gasteiger partial charge in [-0.05, 0) is 81.3 Å². The Morgan fingerprint density at radius 2 is 1.83 bits per heavy atom. The summed E-state index contributed by atoms with van der Waals surface area (Å²) >= 11 is 0. The van der Waals surface area contributed by atoms with Crippen LogP contribution in [0, 0.1) is 19.8 Å². The monoisotopic (exact) mass is 402 g/mol. The minimum atomic E-state index is 0.220. The highest BCUT2D eigenvalue weighted by atomic mass is 16.2. The number of rotatable bonds is 5. The molecule has 0 unspecified atom stereocenters. The van der Waals surface area contributed by atoms with Crippen LogP contribution in [0.25, 0.3) is 17.1 Å². The number of benzene rings is 1. The van der Waals surface area contributed by atoms with Crippen molar-refractivity contribution in [2.75, 3.05) is 0 Å². The average molecular weight is 403 g/mol. The first-order valence-corrected chi connectivity index (χ1v) is 11.1. The molecule has 2 aliphatic rings. The van der Waals surface area contributed by atoms with E-state index in [9.17, 15) is 4.79 Å². The smallest absolute Gasteiger partial charge is 0.255 e.